The van der Waals surface area contributed by atoms with Gasteiger partial charge in [0, 0.05) is 24.4 Å². The van der Waals surface area contributed by atoms with Crippen molar-refractivity contribution in [2.75, 3.05) is 6.54 Å². The largest absolute Gasteiger partial charge is 0.446 e. The third-order valence-corrected chi connectivity index (χ3v) is 11.8. The normalized spacial score (nSPS) is 26.1. The molecule has 0 bridgehead atoms. The molecule has 1 aliphatic heterocycles. The van der Waals surface area contributed by atoms with Crippen LogP contribution in [0.1, 0.15) is 78.2 Å². The molecule has 3 aliphatic carbocycles. The molecule has 1 aromatic heterocycles. The highest BCUT2D eigenvalue weighted by Gasteiger charge is 2.62. The van der Waals surface area contributed by atoms with Crippen LogP contribution in [0.4, 0.5) is 4.79 Å². The van der Waals surface area contributed by atoms with Gasteiger partial charge < -0.3 is 20.3 Å². The second-order valence-electron chi connectivity index (χ2n) is 14.8. The highest BCUT2D eigenvalue weighted by atomic mass is 32.2. The average molecular weight is 696 g/mol. The van der Waals surface area contributed by atoms with Gasteiger partial charge >= 0.3 is 6.09 Å². The first-order valence-electron chi connectivity index (χ1n) is 17.0. The summed E-state index contributed by atoms with van der Waals surface area (Å²) < 4.78 is 34.7. The average Bonchev–Trinajstić information content (AvgIpc) is 3.82. The molecule has 0 spiro atoms. The standard InChI is InChI=1S/C34H45N7O7S/c1-5-22-18-34(22,31(44)38-49(46,47)25-15-16-25)36-29(42)27-17-23(41-20-26(37-39-41)21-11-7-6-8-12-21)19-40(27)30(43)28(33(2,3)4)35-32(45)48-24-13-9-10-14-24/h5-8,11-12,20,22-25,27-28H,1,9-10,13-19H2,2-4H3,(H,35,45)(H,36,42)(H,38,44)/t22-,23-,27+,28?,34-/m1/s1. The lowest BCUT2D eigenvalue weighted by molar-refractivity contribution is -0.142. The van der Waals surface area contributed by atoms with Gasteiger partial charge in [-0.15, -0.1) is 11.7 Å². The van der Waals surface area contributed by atoms with E-state index in [2.05, 4.69) is 32.2 Å². The van der Waals surface area contributed by atoms with Gasteiger partial charge in [0.2, 0.25) is 21.8 Å². The van der Waals surface area contributed by atoms with Crippen LogP contribution in [-0.4, -0.2) is 87.6 Å². The molecule has 4 amide bonds. The van der Waals surface area contributed by atoms with Crippen LogP contribution >= 0.6 is 0 Å². The van der Waals surface area contributed by atoms with Gasteiger partial charge in [-0.3, -0.25) is 19.1 Å². The Kier molecular flexibility index (Phi) is 9.33. The number of aromatic nitrogens is 3. The SMILES string of the molecule is C=C[C@@H]1C[C@]1(NC(=O)[C@@H]1C[C@@H](n2cc(-c3ccccc3)nn2)CN1C(=O)C(NC(=O)OC1CCCC1)C(C)(C)C)C(=O)NS(=O)(=O)C1CC1. The van der Waals surface area contributed by atoms with Gasteiger partial charge in [-0.25, -0.2) is 17.9 Å². The molecule has 14 nitrogen and oxygen atoms in total. The predicted octanol–water partition coefficient (Wildman–Crippen LogP) is 2.84. The third kappa shape index (κ3) is 7.36. The Morgan fingerprint density at radius 1 is 1.08 bits per heavy atom. The quantitative estimate of drug-likeness (QED) is 0.298. The van der Waals surface area contributed by atoms with Crippen LogP contribution in [0.3, 0.4) is 0 Å². The van der Waals surface area contributed by atoms with Crippen LogP contribution in [-0.2, 0) is 29.1 Å². The fourth-order valence-corrected chi connectivity index (χ4v) is 8.20. The first-order chi connectivity index (χ1) is 23.2. The van der Waals surface area contributed by atoms with Gasteiger partial charge in [0.15, 0.2) is 0 Å². The molecule has 1 saturated heterocycles. The Balaban J connectivity index is 1.26. The highest BCUT2D eigenvalue weighted by Crippen LogP contribution is 2.46. The van der Waals surface area contributed by atoms with Gasteiger partial charge in [0.05, 0.1) is 17.5 Å². The lowest BCUT2D eigenvalue weighted by Crippen LogP contribution is -2.60. The maximum Gasteiger partial charge on any atom is 0.408 e. The monoisotopic (exact) mass is 695 g/mol. The van der Waals surface area contributed by atoms with E-state index in [0.29, 0.717) is 18.5 Å². The van der Waals surface area contributed by atoms with Crippen molar-refractivity contribution in [2.45, 2.75) is 107 Å². The second-order valence-corrected chi connectivity index (χ2v) is 16.7. The van der Waals surface area contributed by atoms with E-state index < -0.39 is 74.1 Å². The minimum absolute atomic E-state index is 0.0700. The van der Waals surface area contributed by atoms with Crippen molar-refractivity contribution < 1.29 is 32.3 Å². The number of alkyl carbamates (subject to hydrolysis) is 1. The van der Waals surface area contributed by atoms with E-state index in [0.717, 1.165) is 31.2 Å². The molecule has 3 N–H and O–H groups in total. The topological polar surface area (TPSA) is 182 Å². The molecule has 3 saturated carbocycles. The summed E-state index contributed by atoms with van der Waals surface area (Å²) >= 11 is 0. The Bertz CT molecular complexity index is 1710. The number of nitrogens with one attached hydrogen (secondary N) is 3. The summed E-state index contributed by atoms with van der Waals surface area (Å²) in [7, 11) is -3.87. The molecule has 1 aromatic carbocycles. The van der Waals surface area contributed by atoms with Crippen LogP contribution in [0.5, 0.6) is 0 Å². The number of benzene rings is 1. The Morgan fingerprint density at radius 3 is 2.39 bits per heavy atom. The molecule has 49 heavy (non-hydrogen) atoms. The van der Waals surface area contributed by atoms with Crippen molar-refractivity contribution in [2.24, 2.45) is 11.3 Å². The molecule has 264 valence electrons. The van der Waals surface area contributed by atoms with Crippen LogP contribution in [0.15, 0.2) is 49.2 Å². The van der Waals surface area contributed by atoms with Crippen molar-refractivity contribution in [3.63, 3.8) is 0 Å². The maximum absolute atomic E-state index is 14.4. The lowest BCUT2D eigenvalue weighted by atomic mass is 9.85. The van der Waals surface area contributed by atoms with Gasteiger partial charge in [0.25, 0.3) is 5.91 Å². The molecule has 4 fully saturated rings. The number of carbonyl (C=O) groups excluding carboxylic acids is 4. The summed E-state index contributed by atoms with van der Waals surface area (Å²) in [6.07, 6.45) is 7.09. The molecule has 2 heterocycles. The van der Waals surface area contributed by atoms with E-state index >= 15 is 0 Å². The fourth-order valence-electron chi connectivity index (χ4n) is 6.84. The molecule has 0 radical (unpaired) electrons. The van der Waals surface area contributed by atoms with E-state index in [9.17, 15) is 27.6 Å². The number of likely N-dealkylation sites (tertiary alicyclic amines) is 1. The molecular weight excluding hydrogens is 650 g/mol. The van der Waals surface area contributed by atoms with Gasteiger partial charge in [0.1, 0.15) is 29.4 Å². The number of nitrogens with zero attached hydrogens (tertiary/aromatic N) is 4. The summed E-state index contributed by atoms with van der Waals surface area (Å²) in [6, 6.07) is 6.88. The molecule has 2 aromatic rings. The number of carbonyl (C=O) groups is 4. The van der Waals surface area contributed by atoms with Crippen LogP contribution < -0.4 is 15.4 Å². The molecule has 5 atom stereocenters. The molecule has 4 aliphatic rings. The minimum Gasteiger partial charge on any atom is -0.446 e. The molecule has 15 heteroatoms. The van der Waals surface area contributed by atoms with Gasteiger partial charge in [-0.1, -0.05) is 62.4 Å². The molecular formula is C34H45N7O7S. The lowest BCUT2D eigenvalue weighted by Gasteiger charge is -2.35. The van der Waals surface area contributed by atoms with Crippen molar-refractivity contribution in [1.29, 1.82) is 0 Å². The van der Waals surface area contributed by atoms with Crippen molar-refractivity contribution >= 4 is 33.8 Å². The summed E-state index contributed by atoms with van der Waals surface area (Å²) in [6.45, 7) is 9.29. The molecule has 1 unspecified atom stereocenters. The molecule has 6 rings (SSSR count). The number of ether oxygens (including phenoxy) is 1. The van der Waals surface area contributed by atoms with Crippen molar-refractivity contribution in [3.8, 4) is 11.3 Å². The summed E-state index contributed by atoms with van der Waals surface area (Å²) in [5.41, 5.74) is -0.810. The second kappa shape index (κ2) is 13.2. The van der Waals surface area contributed by atoms with E-state index in [1.54, 1.807) is 10.9 Å². The number of rotatable bonds is 11. The first kappa shape index (κ1) is 34.6. The summed E-state index contributed by atoms with van der Waals surface area (Å²) in [5.74, 6) is -2.43. The number of hydrogen-bond acceptors (Lipinski definition) is 9. The number of amides is 4. The van der Waals surface area contributed by atoms with Gasteiger partial charge in [-0.2, -0.15) is 0 Å². The fraction of sp³-hybridized carbons (Fsp3) is 0.588. The highest BCUT2D eigenvalue weighted by molar-refractivity contribution is 7.91. The first-order valence-corrected chi connectivity index (χ1v) is 18.5. The maximum atomic E-state index is 14.4. The minimum atomic E-state index is -3.87. The predicted molar refractivity (Wildman–Crippen MR) is 179 cm³/mol. The van der Waals surface area contributed by atoms with Crippen LogP contribution in [0, 0.1) is 11.3 Å². The summed E-state index contributed by atoms with van der Waals surface area (Å²) in [5, 5.41) is 13.6. The zero-order valence-electron chi connectivity index (χ0n) is 28.1. The van der Waals surface area contributed by atoms with E-state index in [-0.39, 0.29) is 25.5 Å². The van der Waals surface area contributed by atoms with Gasteiger partial charge in [-0.05, 0) is 50.4 Å². The van der Waals surface area contributed by atoms with Crippen LogP contribution in [0.25, 0.3) is 11.3 Å². The number of sulfonamides is 1. The zero-order valence-corrected chi connectivity index (χ0v) is 28.9. The van der Waals surface area contributed by atoms with E-state index in [1.807, 2.05) is 51.1 Å². The summed E-state index contributed by atoms with van der Waals surface area (Å²) in [4.78, 5) is 56.5. The van der Waals surface area contributed by atoms with E-state index in [4.69, 9.17) is 4.74 Å². The Hall–Kier alpha value is -4.27. The zero-order chi connectivity index (χ0) is 35.1. The van der Waals surface area contributed by atoms with E-state index in [1.165, 1.54) is 11.0 Å². The Morgan fingerprint density at radius 2 is 1.78 bits per heavy atom. The third-order valence-electron chi connectivity index (χ3n) is 10.0. The number of hydrogen-bond donors (Lipinski definition) is 3. The van der Waals surface area contributed by atoms with Crippen molar-refractivity contribution in [1.82, 2.24) is 35.2 Å². The van der Waals surface area contributed by atoms with Crippen molar-refractivity contribution in [3.05, 3.63) is 49.2 Å². The smallest absolute Gasteiger partial charge is 0.408 e. The Labute approximate surface area is 286 Å². The van der Waals surface area contributed by atoms with Crippen LogP contribution in [0.2, 0.25) is 0 Å².